The summed E-state index contributed by atoms with van der Waals surface area (Å²) in [6.45, 7) is 0.376. The number of carbonyl (C=O) groups is 2. The number of benzene rings is 2. The summed E-state index contributed by atoms with van der Waals surface area (Å²) in [7, 11) is 0. The fraction of sp³-hybridized carbons (Fsp3) is 0.211. The molecule has 1 heterocycles. The van der Waals surface area contributed by atoms with E-state index in [4.69, 9.17) is 0 Å². The van der Waals surface area contributed by atoms with E-state index in [9.17, 15) is 19.7 Å². The summed E-state index contributed by atoms with van der Waals surface area (Å²) in [6.07, 6.45) is 1.59. The molecule has 1 aliphatic rings. The van der Waals surface area contributed by atoms with Gasteiger partial charge in [-0.25, -0.2) is 5.43 Å². The lowest BCUT2D eigenvalue weighted by atomic mass is 9.99. The van der Waals surface area contributed by atoms with E-state index >= 15 is 0 Å². The van der Waals surface area contributed by atoms with Gasteiger partial charge in [-0.1, -0.05) is 42.5 Å². The number of hydrogen-bond acceptors (Lipinski definition) is 5. The fourth-order valence-electron chi connectivity index (χ4n) is 3.02. The zero-order valence-corrected chi connectivity index (χ0v) is 14.4. The average Bonchev–Trinajstić information content (AvgIpc) is 3.03. The monoisotopic (exact) mass is 366 g/mol. The Morgan fingerprint density at radius 2 is 1.93 bits per heavy atom. The van der Waals surface area contributed by atoms with Crippen LogP contribution in [0.25, 0.3) is 0 Å². The molecule has 0 radical (unpaired) electrons. The van der Waals surface area contributed by atoms with Crippen LogP contribution in [0.5, 0.6) is 0 Å². The topological polar surface area (TPSA) is 105 Å². The molecule has 8 nitrogen and oxygen atoms in total. The van der Waals surface area contributed by atoms with Gasteiger partial charge >= 0.3 is 0 Å². The number of hydrazone groups is 1. The molecular weight excluding hydrogens is 348 g/mol. The van der Waals surface area contributed by atoms with Crippen molar-refractivity contribution in [3.8, 4) is 0 Å². The first-order chi connectivity index (χ1) is 13.0. The molecule has 1 saturated heterocycles. The Balaban J connectivity index is 1.55. The third-order valence-electron chi connectivity index (χ3n) is 4.35. The summed E-state index contributed by atoms with van der Waals surface area (Å²) in [5.41, 5.74) is 3.57. The smallest absolute Gasteiger partial charge is 0.278 e. The second kappa shape index (κ2) is 8.22. The molecule has 138 valence electrons. The summed E-state index contributed by atoms with van der Waals surface area (Å²) < 4.78 is 0. The van der Waals surface area contributed by atoms with Crippen molar-refractivity contribution < 1.29 is 14.5 Å². The second-order valence-corrected chi connectivity index (χ2v) is 6.20. The number of nitrogens with one attached hydrogen (secondary N) is 1. The summed E-state index contributed by atoms with van der Waals surface area (Å²) in [6, 6.07) is 15.8. The van der Waals surface area contributed by atoms with Crippen molar-refractivity contribution in [1.29, 1.82) is 0 Å². The quantitative estimate of drug-likeness (QED) is 0.480. The molecule has 27 heavy (non-hydrogen) atoms. The fourth-order valence-corrected chi connectivity index (χ4v) is 3.02. The van der Waals surface area contributed by atoms with Gasteiger partial charge in [0.1, 0.15) is 6.54 Å². The minimum Gasteiger partial charge on any atom is -0.333 e. The van der Waals surface area contributed by atoms with Gasteiger partial charge in [-0.05, 0) is 11.6 Å². The zero-order chi connectivity index (χ0) is 19.2. The molecule has 2 aromatic carbocycles. The van der Waals surface area contributed by atoms with Crippen molar-refractivity contribution in [1.82, 2.24) is 10.3 Å². The number of likely N-dealkylation sites (tertiary alicyclic amines) is 1. The Kier molecular flexibility index (Phi) is 5.55. The molecule has 3 rings (SSSR count). The van der Waals surface area contributed by atoms with Crippen LogP contribution in [0.3, 0.4) is 0 Å². The molecule has 0 saturated carbocycles. The largest absolute Gasteiger partial charge is 0.333 e. The molecule has 8 heteroatoms. The minimum absolute atomic E-state index is 0.0713. The van der Waals surface area contributed by atoms with E-state index < -0.39 is 10.8 Å². The van der Waals surface area contributed by atoms with Crippen LogP contribution in [0.2, 0.25) is 0 Å². The highest BCUT2D eigenvalue weighted by Gasteiger charge is 2.31. The van der Waals surface area contributed by atoms with Gasteiger partial charge in [-0.15, -0.1) is 0 Å². The number of nitro benzene ring substituents is 1. The Bertz CT molecular complexity index is 882. The molecule has 0 aliphatic carbocycles. The zero-order valence-electron chi connectivity index (χ0n) is 14.4. The van der Waals surface area contributed by atoms with Crippen LogP contribution in [0, 0.1) is 10.1 Å². The Hall–Kier alpha value is -3.55. The second-order valence-electron chi connectivity index (χ2n) is 6.20. The molecule has 1 atom stereocenters. The van der Waals surface area contributed by atoms with E-state index in [1.165, 1.54) is 23.2 Å². The summed E-state index contributed by atoms with van der Waals surface area (Å²) in [4.78, 5) is 36.1. The molecule has 1 fully saturated rings. The predicted octanol–water partition coefficient (Wildman–Crippen LogP) is 2.06. The molecule has 1 N–H and O–H groups in total. The first kappa shape index (κ1) is 18.2. The average molecular weight is 366 g/mol. The molecule has 0 bridgehead atoms. The number of carbonyl (C=O) groups excluding carboxylic acids is 2. The lowest BCUT2D eigenvalue weighted by Crippen LogP contribution is -2.36. The van der Waals surface area contributed by atoms with Gasteiger partial charge in [0.2, 0.25) is 5.91 Å². The third-order valence-corrected chi connectivity index (χ3v) is 4.35. The normalized spacial score (nSPS) is 16.7. The Labute approximate surface area is 155 Å². The number of nitro groups is 1. The van der Waals surface area contributed by atoms with Crippen LogP contribution < -0.4 is 5.43 Å². The van der Waals surface area contributed by atoms with Gasteiger partial charge in [-0.3, -0.25) is 19.7 Å². The van der Waals surface area contributed by atoms with Gasteiger partial charge < -0.3 is 4.90 Å². The number of hydrogen-bond donors (Lipinski definition) is 1. The molecule has 2 aromatic rings. The van der Waals surface area contributed by atoms with E-state index in [0.717, 1.165) is 5.56 Å². The highest BCUT2D eigenvalue weighted by molar-refractivity contribution is 5.89. The van der Waals surface area contributed by atoms with Crippen molar-refractivity contribution in [2.75, 3.05) is 13.1 Å². The summed E-state index contributed by atoms with van der Waals surface area (Å²) in [5, 5.41) is 14.7. The molecule has 0 spiro atoms. The van der Waals surface area contributed by atoms with Crippen LogP contribution in [-0.2, 0) is 9.59 Å². The third kappa shape index (κ3) is 4.55. The summed E-state index contributed by atoms with van der Waals surface area (Å²) >= 11 is 0. The number of amides is 2. The number of nitrogens with zero attached hydrogens (tertiary/aromatic N) is 3. The lowest BCUT2D eigenvalue weighted by molar-refractivity contribution is -0.385. The summed E-state index contributed by atoms with van der Waals surface area (Å²) in [5.74, 6) is -0.462. The van der Waals surface area contributed by atoms with Gasteiger partial charge in [0, 0.05) is 24.9 Å². The van der Waals surface area contributed by atoms with Crippen molar-refractivity contribution in [3.63, 3.8) is 0 Å². The van der Waals surface area contributed by atoms with Crippen LogP contribution in [0.15, 0.2) is 59.7 Å². The van der Waals surface area contributed by atoms with E-state index in [1.54, 1.807) is 12.1 Å². The van der Waals surface area contributed by atoms with Crippen LogP contribution in [0.1, 0.15) is 23.5 Å². The molecular formula is C19H18N4O4. The van der Waals surface area contributed by atoms with Crippen molar-refractivity contribution in [2.45, 2.75) is 12.3 Å². The number of rotatable bonds is 6. The maximum absolute atomic E-state index is 12.1. The Morgan fingerprint density at radius 1 is 1.22 bits per heavy atom. The minimum atomic E-state index is -0.518. The van der Waals surface area contributed by atoms with Gasteiger partial charge in [0.15, 0.2) is 0 Å². The van der Waals surface area contributed by atoms with E-state index in [0.29, 0.717) is 13.0 Å². The predicted molar refractivity (Wildman–Crippen MR) is 99.2 cm³/mol. The van der Waals surface area contributed by atoms with E-state index in [1.807, 2.05) is 30.3 Å². The lowest BCUT2D eigenvalue weighted by Gasteiger charge is -2.15. The maximum Gasteiger partial charge on any atom is 0.278 e. The van der Waals surface area contributed by atoms with Crippen molar-refractivity contribution in [3.05, 3.63) is 75.8 Å². The standard InChI is InChI=1S/C19H18N4O4/c24-18(21-20-11-15-8-4-5-9-17(15)23(26)27)13-22-12-16(10-19(22)25)14-6-2-1-3-7-14/h1-9,11,16H,10,12-13H2,(H,21,24)/b20-11-/t16-/m0/s1. The molecule has 1 aliphatic heterocycles. The van der Waals surface area contributed by atoms with Crippen molar-refractivity contribution in [2.24, 2.45) is 5.10 Å². The highest BCUT2D eigenvalue weighted by atomic mass is 16.6. The van der Waals surface area contributed by atoms with Gasteiger partial charge in [-0.2, -0.15) is 5.10 Å². The number of para-hydroxylation sites is 1. The van der Waals surface area contributed by atoms with E-state index in [-0.39, 0.29) is 29.6 Å². The Morgan fingerprint density at radius 3 is 2.67 bits per heavy atom. The first-order valence-corrected chi connectivity index (χ1v) is 8.42. The molecule has 0 unspecified atom stereocenters. The van der Waals surface area contributed by atoms with Crippen LogP contribution >= 0.6 is 0 Å². The highest BCUT2D eigenvalue weighted by Crippen LogP contribution is 2.27. The molecule has 0 aromatic heterocycles. The van der Waals surface area contributed by atoms with Gasteiger partial charge in [0.25, 0.3) is 11.6 Å². The molecule has 2 amide bonds. The van der Waals surface area contributed by atoms with E-state index in [2.05, 4.69) is 10.5 Å². The van der Waals surface area contributed by atoms with Gasteiger partial charge in [0.05, 0.1) is 16.7 Å². The maximum atomic E-state index is 12.1. The SMILES string of the molecule is O=C(CN1C[C@@H](c2ccccc2)CC1=O)N/N=C\c1ccccc1[N+](=O)[O-]. The van der Waals surface area contributed by atoms with Crippen molar-refractivity contribution >= 4 is 23.7 Å². The first-order valence-electron chi connectivity index (χ1n) is 8.42. The van der Waals surface area contributed by atoms with Crippen LogP contribution in [0.4, 0.5) is 5.69 Å². The van der Waals surface area contributed by atoms with Crippen LogP contribution in [-0.4, -0.2) is 40.9 Å².